The third-order valence-electron chi connectivity index (χ3n) is 3.79. The summed E-state index contributed by atoms with van der Waals surface area (Å²) in [5.74, 6) is -0.401. The summed E-state index contributed by atoms with van der Waals surface area (Å²) in [6.45, 7) is 1.88. The average molecular weight is 426 g/mol. The van der Waals surface area contributed by atoms with E-state index < -0.39 is 17.1 Å². The first-order chi connectivity index (χ1) is 12.7. The molecule has 0 saturated carbocycles. The second-order valence-electron chi connectivity index (χ2n) is 5.61. The minimum atomic E-state index is -4.57. The Morgan fingerprint density at radius 3 is 2.67 bits per heavy atom. The first kappa shape index (κ1) is 18.1. The molecule has 11 heteroatoms. The Bertz CT molecular complexity index is 1130. The fourth-order valence-corrected chi connectivity index (χ4v) is 4.38. The maximum Gasteiger partial charge on any atom is 0.445 e. The van der Waals surface area contributed by atoms with Crippen LogP contribution in [0.1, 0.15) is 16.3 Å². The summed E-state index contributed by atoms with van der Waals surface area (Å²) in [7, 11) is 0. The van der Waals surface area contributed by atoms with Crippen molar-refractivity contribution < 1.29 is 18.0 Å². The first-order valence-electron chi connectivity index (χ1n) is 7.51. The molecular weight excluding hydrogens is 417 g/mol. The van der Waals surface area contributed by atoms with Gasteiger partial charge in [-0.3, -0.25) is 4.79 Å². The summed E-state index contributed by atoms with van der Waals surface area (Å²) in [5, 5.41) is 5.16. The number of halogens is 3. The molecule has 1 aliphatic heterocycles. The van der Waals surface area contributed by atoms with E-state index in [2.05, 4.69) is 15.4 Å². The first-order valence-corrected chi connectivity index (χ1v) is 9.56. The van der Waals surface area contributed by atoms with Crippen molar-refractivity contribution in [3.8, 4) is 11.3 Å². The molecular formula is C16H9F3N4OS3. The molecule has 138 valence electrons. The van der Waals surface area contributed by atoms with Gasteiger partial charge in [0.1, 0.15) is 4.32 Å². The van der Waals surface area contributed by atoms with Gasteiger partial charge in [0.05, 0.1) is 16.3 Å². The minimum absolute atomic E-state index is 0.0957. The normalized spacial score (nSPS) is 16.5. The fraction of sp³-hybridized carbons (Fsp3) is 0.125. The van der Waals surface area contributed by atoms with Crippen molar-refractivity contribution in [3.63, 3.8) is 0 Å². The van der Waals surface area contributed by atoms with Gasteiger partial charge in [0, 0.05) is 5.56 Å². The lowest BCUT2D eigenvalue weighted by Gasteiger charge is -2.05. The molecule has 1 saturated heterocycles. The standard InChI is InChI=1S/C16H9F3N4OS3/c1-7-4-2-3-5-8(7)11-9(6-10-12(24)21-15(25)26-10)23-14(20-11)27-13(22-23)16(17,18)19/h2-6H,1H3,(H,21,24,25)/b10-6-. The predicted molar refractivity (Wildman–Crippen MR) is 102 cm³/mol. The predicted octanol–water partition coefficient (Wildman–Crippen LogP) is 4.27. The number of thiocarbonyl (C=S) groups is 1. The number of aryl methyl sites for hydroxylation is 1. The Balaban J connectivity index is 1.97. The Kier molecular flexibility index (Phi) is 4.32. The molecule has 1 aromatic carbocycles. The number of nitrogens with zero attached hydrogens (tertiary/aromatic N) is 3. The molecule has 0 aliphatic carbocycles. The van der Waals surface area contributed by atoms with Crippen LogP contribution in [0.25, 0.3) is 22.3 Å². The van der Waals surface area contributed by atoms with Gasteiger partial charge >= 0.3 is 6.18 Å². The molecule has 1 amide bonds. The molecule has 2 aromatic heterocycles. The number of fused-ring (bicyclic) bond motifs is 1. The second-order valence-corrected chi connectivity index (χ2v) is 8.29. The van der Waals surface area contributed by atoms with E-state index in [1.165, 1.54) is 6.08 Å². The van der Waals surface area contributed by atoms with Gasteiger partial charge in [0.2, 0.25) is 9.97 Å². The van der Waals surface area contributed by atoms with Crippen LogP contribution < -0.4 is 5.32 Å². The van der Waals surface area contributed by atoms with E-state index in [4.69, 9.17) is 12.2 Å². The number of nitrogens with one attached hydrogen (secondary N) is 1. The zero-order chi connectivity index (χ0) is 19.3. The Morgan fingerprint density at radius 1 is 1.30 bits per heavy atom. The Morgan fingerprint density at radius 2 is 2.04 bits per heavy atom. The lowest BCUT2D eigenvalue weighted by atomic mass is 10.0. The van der Waals surface area contributed by atoms with Crippen LogP contribution in [-0.2, 0) is 11.0 Å². The molecule has 4 rings (SSSR count). The van der Waals surface area contributed by atoms with Gasteiger partial charge in [-0.25, -0.2) is 9.50 Å². The van der Waals surface area contributed by atoms with Crippen LogP contribution >= 0.6 is 35.3 Å². The highest BCUT2D eigenvalue weighted by Gasteiger charge is 2.37. The monoisotopic (exact) mass is 426 g/mol. The number of amides is 1. The van der Waals surface area contributed by atoms with Crippen LogP contribution in [0.15, 0.2) is 29.2 Å². The number of hydrogen-bond acceptors (Lipinski definition) is 6. The highest BCUT2D eigenvalue weighted by atomic mass is 32.2. The van der Waals surface area contributed by atoms with Crippen molar-refractivity contribution in [1.29, 1.82) is 0 Å². The number of thioether (sulfide) groups is 1. The number of carbonyl (C=O) groups excluding carboxylic acids is 1. The molecule has 0 radical (unpaired) electrons. The zero-order valence-corrected chi connectivity index (χ0v) is 15.9. The van der Waals surface area contributed by atoms with E-state index in [1.807, 2.05) is 31.2 Å². The lowest BCUT2D eigenvalue weighted by Crippen LogP contribution is -2.17. The van der Waals surface area contributed by atoms with Crippen molar-refractivity contribution in [2.24, 2.45) is 0 Å². The smallest absolute Gasteiger partial charge is 0.307 e. The maximum atomic E-state index is 13.0. The van der Waals surface area contributed by atoms with Gasteiger partial charge in [-0.15, -0.1) is 5.10 Å². The van der Waals surface area contributed by atoms with E-state index in [9.17, 15) is 18.0 Å². The van der Waals surface area contributed by atoms with Crippen molar-refractivity contribution in [2.75, 3.05) is 0 Å². The maximum absolute atomic E-state index is 13.0. The van der Waals surface area contributed by atoms with Crippen molar-refractivity contribution in [3.05, 3.63) is 45.4 Å². The van der Waals surface area contributed by atoms with Crippen LogP contribution in [0.4, 0.5) is 13.2 Å². The van der Waals surface area contributed by atoms with Crippen LogP contribution in [0.2, 0.25) is 0 Å². The van der Waals surface area contributed by atoms with E-state index in [1.54, 1.807) is 0 Å². The molecule has 1 N–H and O–H groups in total. The molecule has 27 heavy (non-hydrogen) atoms. The minimum Gasteiger partial charge on any atom is -0.307 e. The molecule has 1 aliphatic rings. The molecule has 3 heterocycles. The highest BCUT2D eigenvalue weighted by Crippen LogP contribution is 2.37. The Hall–Kier alpha value is -2.24. The van der Waals surface area contributed by atoms with E-state index in [-0.39, 0.29) is 9.87 Å². The van der Waals surface area contributed by atoms with Crippen molar-refractivity contribution in [1.82, 2.24) is 19.9 Å². The zero-order valence-electron chi connectivity index (χ0n) is 13.5. The summed E-state index contributed by atoms with van der Waals surface area (Å²) in [6, 6.07) is 7.36. The van der Waals surface area contributed by atoms with Gasteiger partial charge in [-0.05, 0) is 18.6 Å². The third-order valence-corrected chi connectivity index (χ3v) is 5.91. The van der Waals surface area contributed by atoms with Gasteiger partial charge in [0.15, 0.2) is 0 Å². The van der Waals surface area contributed by atoms with Crippen LogP contribution in [0.5, 0.6) is 0 Å². The largest absolute Gasteiger partial charge is 0.445 e. The second kappa shape index (κ2) is 6.43. The number of rotatable bonds is 2. The highest BCUT2D eigenvalue weighted by molar-refractivity contribution is 8.26. The van der Waals surface area contributed by atoms with Gasteiger partial charge in [-0.2, -0.15) is 13.2 Å². The van der Waals surface area contributed by atoms with E-state index in [0.717, 1.165) is 27.4 Å². The van der Waals surface area contributed by atoms with Crippen LogP contribution in [0, 0.1) is 6.92 Å². The SMILES string of the molecule is Cc1ccccc1-c1nc2sc(C(F)(F)F)nn2c1/C=C1\SC(=S)NC1=O. The summed E-state index contributed by atoms with van der Waals surface area (Å²) >= 11 is 6.47. The molecule has 3 aromatic rings. The summed E-state index contributed by atoms with van der Waals surface area (Å²) < 4.78 is 40.6. The number of benzene rings is 1. The lowest BCUT2D eigenvalue weighted by molar-refractivity contribution is -0.138. The summed E-state index contributed by atoms with van der Waals surface area (Å²) in [4.78, 5) is 16.7. The third kappa shape index (κ3) is 3.26. The number of aromatic nitrogens is 3. The average Bonchev–Trinajstić information content (AvgIpc) is 3.22. The van der Waals surface area contributed by atoms with Crippen molar-refractivity contribution >= 4 is 56.6 Å². The Labute approximate surface area is 164 Å². The fourth-order valence-electron chi connectivity index (χ4n) is 2.59. The molecule has 5 nitrogen and oxygen atoms in total. The molecule has 0 spiro atoms. The quantitative estimate of drug-likeness (QED) is 0.490. The number of imidazole rings is 1. The molecule has 1 fully saturated rings. The number of hydrogen-bond donors (Lipinski definition) is 1. The van der Waals surface area contributed by atoms with Gasteiger partial charge in [-0.1, -0.05) is 59.6 Å². The number of carbonyl (C=O) groups is 1. The van der Waals surface area contributed by atoms with Crippen LogP contribution in [-0.4, -0.2) is 24.8 Å². The summed E-state index contributed by atoms with van der Waals surface area (Å²) in [5.41, 5.74) is 2.41. The van der Waals surface area contributed by atoms with Crippen molar-refractivity contribution in [2.45, 2.75) is 13.1 Å². The van der Waals surface area contributed by atoms with Gasteiger partial charge in [0.25, 0.3) is 5.91 Å². The molecule has 0 atom stereocenters. The summed E-state index contributed by atoms with van der Waals surface area (Å²) in [6.07, 6.45) is -3.10. The van der Waals surface area contributed by atoms with Crippen LogP contribution in [0.3, 0.4) is 0 Å². The van der Waals surface area contributed by atoms with E-state index >= 15 is 0 Å². The topological polar surface area (TPSA) is 59.3 Å². The van der Waals surface area contributed by atoms with Gasteiger partial charge < -0.3 is 5.32 Å². The molecule has 0 unspecified atom stereocenters. The molecule has 0 bridgehead atoms. The van der Waals surface area contributed by atoms with E-state index in [0.29, 0.717) is 27.0 Å². The number of alkyl halides is 3.